The third-order valence-electron chi connectivity index (χ3n) is 3.29. The Labute approximate surface area is 129 Å². The first kappa shape index (κ1) is 15.9. The highest BCUT2D eigenvalue weighted by molar-refractivity contribution is 8.00. The van der Waals surface area contributed by atoms with Gasteiger partial charge in [-0.25, -0.2) is 0 Å². The monoisotopic (exact) mass is 307 g/mol. The number of fused-ring (bicyclic) bond motifs is 1. The SMILES string of the molecule is CC(SCCN(C)C)C(=O)N1CC(=O)Nc2ccccc21. The summed E-state index contributed by atoms with van der Waals surface area (Å²) in [5.41, 5.74) is 1.48. The number of thioether (sulfide) groups is 1. The summed E-state index contributed by atoms with van der Waals surface area (Å²) in [5.74, 6) is 0.732. The molecule has 0 saturated carbocycles. The number of carbonyl (C=O) groups excluding carboxylic acids is 2. The van der Waals surface area contributed by atoms with Gasteiger partial charge in [0, 0.05) is 12.3 Å². The minimum atomic E-state index is -0.163. The molecule has 2 rings (SSSR count). The fourth-order valence-corrected chi connectivity index (χ4v) is 3.23. The molecule has 1 N–H and O–H groups in total. The fraction of sp³-hybridized carbons (Fsp3) is 0.467. The lowest BCUT2D eigenvalue weighted by Gasteiger charge is -2.31. The summed E-state index contributed by atoms with van der Waals surface area (Å²) in [5, 5.41) is 2.63. The maximum absolute atomic E-state index is 12.6. The normalized spacial score (nSPS) is 15.6. The van der Waals surface area contributed by atoms with Crippen LogP contribution in [0.2, 0.25) is 0 Å². The van der Waals surface area contributed by atoms with Crippen molar-refractivity contribution in [2.24, 2.45) is 0 Å². The molecule has 0 aliphatic carbocycles. The molecule has 1 atom stereocenters. The van der Waals surface area contributed by atoms with Gasteiger partial charge in [-0.1, -0.05) is 12.1 Å². The minimum absolute atomic E-state index is 0.0129. The van der Waals surface area contributed by atoms with E-state index < -0.39 is 0 Å². The van der Waals surface area contributed by atoms with E-state index in [9.17, 15) is 9.59 Å². The lowest BCUT2D eigenvalue weighted by Crippen LogP contribution is -2.45. The Bertz CT molecular complexity index is 533. The zero-order chi connectivity index (χ0) is 15.4. The van der Waals surface area contributed by atoms with Crippen LogP contribution in [0.25, 0.3) is 0 Å². The van der Waals surface area contributed by atoms with Crippen LogP contribution in [-0.2, 0) is 9.59 Å². The number of anilines is 2. The Balaban J connectivity index is 2.07. The summed E-state index contributed by atoms with van der Waals surface area (Å²) < 4.78 is 0. The maximum atomic E-state index is 12.6. The van der Waals surface area contributed by atoms with E-state index >= 15 is 0 Å². The second-order valence-corrected chi connectivity index (χ2v) is 6.75. The third-order valence-corrected chi connectivity index (χ3v) is 4.41. The van der Waals surface area contributed by atoms with Crippen LogP contribution < -0.4 is 10.2 Å². The van der Waals surface area contributed by atoms with Crippen molar-refractivity contribution >= 4 is 35.0 Å². The van der Waals surface area contributed by atoms with Gasteiger partial charge in [-0.2, -0.15) is 0 Å². The van der Waals surface area contributed by atoms with Crippen molar-refractivity contribution in [1.29, 1.82) is 0 Å². The zero-order valence-electron chi connectivity index (χ0n) is 12.6. The third kappa shape index (κ3) is 3.98. The molecule has 0 fully saturated rings. The van der Waals surface area contributed by atoms with Crippen LogP contribution >= 0.6 is 11.8 Å². The Morgan fingerprint density at radius 1 is 1.43 bits per heavy atom. The smallest absolute Gasteiger partial charge is 0.244 e. The van der Waals surface area contributed by atoms with Crippen molar-refractivity contribution in [3.63, 3.8) is 0 Å². The Morgan fingerprint density at radius 3 is 2.86 bits per heavy atom. The quantitative estimate of drug-likeness (QED) is 0.899. The summed E-state index contributed by atoms with van der Waals surface area (Å²) in [6, 6.07) is 7.41. The van der Waals surface area contributed by atoms with Crippen molar-refractivity contribution in [3.8, 4) is 0 Å². The highest BCUT2D eigenvalue weighted by atomic mass is 32.2. The highest BCUT2D eigenvalue weighted by Gasteiger charge is 2.29. The molecule has 0 saturated heterocycles. The fourth-order valence-electron chi connectivity index (χ4n) is 2.13. The van der Waals surface area contributed by atoms with E-state index in [4.69, 9.17) is 0 Å². The molecule has 6 heteroatoms. The summed E-state index contributed by atoms with van der Waals surface area (Å²) in [7, 11) is 4.02. The molecule has 21 heavy (non-hydrogen) atoms. The molecule has 1 aromatic rings. The van der Waals surface area contributed by atoms with Gasteiger partial charge in [0.2, 0.25) is 11.8 Å². The zero-order valence-corrected chi connectivity index (χ0v) is 13.4. The van der Waals surface area contributed by atoms with E-state index in [1.807, 2.05) is 45.3 Å². The number of amides is 2. The number of nitrogens with one attached hydrogen (secondary N) is 1. The molecule has 1 aliphatic heterocycles. The second-order valence-electron chi connectivity index (χ2n) is 5.31. The van der Waals surface area contributed by atoms with Crippen molar-refractivity contribution < 1.29 is 9.59 Å². The van der Waals surface area contributed by atoms with E-state index in [1.165, 1.54) is 0 Å². The van der Waals surface area contributed by atoms with Gasteiger partial charge >= 0.3 is 0 Å². The Morgan fingerprint density at radius 2 is 2.14 bits per heavy atom. The van der Waals surface area contributed by atoms with Gasteiger partial charge in [0.15, 0.2) is 0 Å². The molecule has 2 amide bonds. The Kier molecular flexibility index (Phi) is 5.25. The van der Waals surface area contributed by atoms with Crippen LogP contribution in [0.4, 0.5) is 11.4 Å². The van der Waals surface area contributed by atoms with Crippen LogP contribution in [0.15, 0.2) is 24.3 Å². The highest BCUT2D eigenvalue weighted by Crippen LogP contribution is 2.30. The number of nitrogens with zero attached hydrogens (tertiary/aromatic N) is 2. The average Bonchev–Trinajstić information content (AvgIpc) is 2.45. The second kappa shape index (κ2) is 6.95. The maximum Gasteiger partial charge on any atom is 0.244 e. The molecular formula is C15H21N3O2S. The summed E-state index contributed by atoms with van der Waals surface area (Å²) >= 11 is 1.62. The first-order chi connectivity index (χ1) is 9.99. The molecular weight excluding hydrogens is 286 g/mol. The standard InChI is InChI=1S/C15H21N3O2S/c1-11(21-9-8-17(2)3)15(20)18-10-14(19)16-12-6-4-5-7-13(12)18/h4-7,11H,8-10H2,1-3H3,(H,16,19). The van der Waals surface area contributed by atoms with Gasteiger partial charge in [0.25, 0.3) is 0 Å². The van der Waals surface area contributed by atoms with E-state index in [2.05, 4.69) is 10.2 Å². The molecule has 1 unspecified atom stereocenters. The predicted octanol–water partition coefficient (Wildman–Crippen LogP) is 1.65. The number of rotatable bonds is 5. The lowest BCUT2D eigenvalue weighted by molar-refractivity contribution is -0.121. The van der Waals surface area contributed by atoms with Crippen LogP contribution in [0.3, 0.4) is 0 Å². The molecule has 1 aromatic carbocycles. The van der Waals surface area contributed by atoms with Gasteiger partial charge in [-0.3, -0.25) is 14.5 Å². The van der Waals surface area contributed by atoms with Crippen molar-refractivity contribution in [1.82, 2.24) is 4.90 Å². The molecule has 0 aromatic heterocycles. The number of hydrogen-bond acceptors (Lipinski definition) is 4. The Hall–Kier alpha value is -1.53. The predicted molar refractivity (Wildman–Crippen MR) is 87.9 cm³/mol. The van der Waals surface area contributed by atoms with E-state index in [0.29, 0.717) is 5.69 Å². The van der Waals surface area contributed by atoms with Gasteiger partial charge in [-0.15, -0.1) is 11.8 Å². The van der Waals surface area contributed by atoms with Crippen LogP contribution in [0, 0.1) is 0 Å². The summed E-state index contributed by atoms with van der Waals surface area (Å²) in [6.45, 7) is 2.92. The van der Waals surface area contributed by atoms with Gasteiger partial charge in [-0.05, 0) is 33.2 Å². The average molecular weight is 307 g/mol. The van der Waals surface area contributed by atoms with Gasteiger partial charge in [0.05, 0.1) is 16.6 Å². The van der Waals surface area contributed by atoms with Crippen molar-refractivity contribution in [3.05, 3.63) is 24.3 Å². The molecule has 1 aliphatic rings. The van der Waals surface area contributed by atoms with Crippen molar-refractivity contribution in [2.75, 3.05) is 43.2 Å². The molecule has 5 nitrogen and oxygen atoms in total. The number of carbonyl (C=O) groups is 2. The summed E-state index contributed by atoms with van der Waals surface area (Å²) in [4.78, 5) is 28.0. The van der Waals surface area contributed by atoms with E-state index in [-0.39, 0.29) is 23.6 Å². The topological polar surface area (TPSA) is 52.7 Å². The number of hydrogen-bond donors (Lipinski definition) is 1. The molecule has 0 bridgehead atoms. The minimum Gasteiger partial charge on any atom is -0.323 e. The summed E-state index contributed by atoms with van der Waals surface area (Å²) in [6.07, 6.45) is 0. The molecule has 114 valence electrons. The first-order valence-corrected chi connectivity index (χ1v) is 8.00. The first-order valence-electron chi connectivity index (χ1n) is 6.95. The molecule has 0 radical (unpaired) electrons. The van der Waals surface area contributed by atoms with Crippen molar-refractivity contribution in [2.45, 2.75) is 12.2 Å². The van der Waals surface area contributed by atoms with E-state index in [0.717, 1.165) is 18.0 Å². The molecule has 1 heterocycles. The largest absolute Gasteiger partial charge is 0.323 e. The van der Waals surface area contributed by atoms with Crippen LogP contribution in [0.5, 0.6) is 0 Å². The van der Waals surface area contributed by atoms with Crippen LogP contribution in [-0.4, -0.2) is 54.9 Å². The number of para-hydroxylation sites is 2. The molecule has 0 spiro atoms. The van der Waals surface area contributed by atoms with E-state index in [1.54, 1.807) is 16.7 Å². The van der Waals surface area contributed by atoms with Gasteiger partial charge in [0.1, 0.15) is 6.54 Å². The lowest BCUT2D eigenvalue weighted by atomic mass is 10.2. The number of benzene rings is 1. The van der Waals surface area contributed by atoms with Crippen LogP contribution in [0.1, 0.15) is 6.92 Å². The van der Waals surface area contributed by atoms with Gasteiger partial charge < -0.3 is 10.2 Å².